The molecule has 19 heavy (non-hydrogen) atoms. The van der Waals surface area contributed by atoms with Crippen LogP contribution in [0.3, 0.4) is 0 Å². The average molecular weight is 262 g/mol. The fourth-order valence-electron chi connectivity index (χ4n) is 2.61. The first-order chi connectivity index (χ1) is 9.02. The maximum absolute atomic E-state index is 12.4. The van der Waals surface area contributed by atoms with Crippen molar-refractivity contribution in [1.82, 2.24) is 9.88 Å². The lowest BCUT2D eigenvalue weighted by Gasteiger charge is -2.23. The molecular formula is C14H18N2O3. The highest BCUT2D eigenvalue weighted by molar-refractivity contribution is 5.96. The van der Waals surface area contributed by atoms with Crippen molar-refractivity contribution in [3.63, 3.8) is 0 Å². The molecule has 0 aliphatic carbocycles. The van der Waals surface area contributed by atoms with Gasteiger partial charge in [0, 0.05) is 18.8 Å². The SMILES string of the molecule is CCC1CC(C)CN1C(=O)c1cc(C(=O)O)ccn1. The molecule has 102 valence electrons. The number of carboxylic acids is 1. The third kappa shape index (κ3) is 2.75. The van der Waals surface area contributed by atoms with E-state index < -0.39 is 5.97 Å². The maximum Gasteiger partial charge on any atom is 0.335 e. The van der Waals surface area contributed by atoms with Crippen LogP contribution in [0.25, 0.3) is 0 Å². The first-order valence-electron chi connectivity index (χ1n) is 6.53. The van der Waals surface area contributed by atoms with Crippen molar-refractivity contribution < 1.29 is 14.7 Å². The Bertz CT molecular complexity index is 501. The highest BCUT2D eigenvalue weighted by atomic mass is 16.4. The van der Waals surface area contributed by atoms with Gasteiger partial charge in [0.2, 0.25) is 0 Å². The molecule has 1 amide bonds. The Morgan fingerprint density at radius 2 is 2.26 bits per heavy atom. The first kappa shape index (κ1) is 13.5. The summed E-state index contributed by atoms with van der Waals surface area (Å²) in [7, 11) is 0. The van der Waals surface area contributed by atoms with Gasteiger partial charge in [-0.15, -0.1) is 0 Å². The summed E-state index contributed by atoms with van der Waals surface area (Å²) >= 11 is 0. The molecule has 1 aliphatic rings. The van der Waals surface area contributed by atoms with Crippen LogP contribution in [0.1, 0.15) is 47.5 Å². The molecule has 1 saturated heterocycles. The molecule has 1 aromatic rings. The van der Waals surface area contributed by atoms with E-state index in [1.165, 1.54) is 18.3 Å². The number of carbonyl (C=O) groups excluding carboxylic acids is 1. The van der Waals surface area contributed by atoms with Gasteiger partial charge < -0.3 is 10.0 Å². The van der Waals surface area contributed by atoms with Crippen LogP contribution in [0.5, 0.6) is 0 Å². The third-order valence-corrected chi connectivity index (χ3v) is 3.58. The van der Waals surface area contributed by atoms with Crippen LogP contribution in [0, 0.1) is 5.92 Å². The number of aromatic nitrogens is 1. The summed E-state index contributed by atoms with van der Waals surface area (Å²) in [5.41, 5.74) is 0.311. The van der Waals surface area contributed by atoms with Crippen LogP contribution >= 0.6 is 0 Å². The predicted molar refractivity (Wildman–Crippen MR) is 70.1 cm³/mol. The van der Waals surface area contributed by atoms with Gasteiger partial charge in [0.1, 0.15) is 5.69 Å². The molecule has 0 aromatic carbocycles. The minimum Gasteiger partial charge on any atom is -0.478 e. The summed E-state index contributed by atoms with van der Waals surface area (Å²) in [6, 6.07) is 2.97. The van der Waals surface area contributed by atoms with E-state index in [9.17, 15) is 9.59 Å². The van der Waals surface area contributed by atoms with E-state index in [4.69, 9.17) is 5.11 Å². The normalized spacial score (nSPS) is 22.5. The van der Waals surface area contributed by atoms with Gasteiger partial charge in [-0.05, 0) is 30.9 Å². The average Bonchev–Trinajstić information content (AvgIpc) is 2.79. The number of pyridine rings is 1. The highest BCUT2D eigenvalue weighted by Gasteiger charge is 2.32. The minimum absolute atomic E-state index is 0.0960. The summed E-state index contributed by atoms with van der Waals surface area (Å²) in [6.45, 7) is 4.90. The third-order valence-electron chi connectivity index (χ3n) is 3.58. The molecule has 0 spiro atoms. The second-order valence-electron chi connectivity index (χ2n) is 5.10. The maximum atomic E-state index is 12.4. The zero-order valence-corrected chi connectivity index (χ0v) is 11.2. The number of aromatic carboxylic acids is 1. The summed E-state index contributed by atoms with van der Waals surface area (Å²) < 4.78 is 0. The standard InChI is InChI=1S/C14H18N2O3/c1-3-11-6-9(2)8-16(11)13(17)12-7-10(14(18)19)4-5-15-12/h4-5,7,9,11H,3,6,8H2,1-2H3,(H,18,19). The lowest BCUT2D eigenvalue weighted by molar-refractivity contribution is 0.0696. The van der Waals surface area contributed by atoms with Crippen molar-refractivity contribution in [2.24, 2.45) is 5.92 Å². The molecule has 1 aromatic heterocycles. The number of nitrogens with zero attached hydrogens (tertiary/aromatic N) is 2. The van der Waals surface area contributed by atoms with Crippen LogP contribution in [0.15, 0.2) is 18.3 Å². The number of hydrogen-bond donors (Lipinski definition) is 1. The van der Waals surface area contributed by atoms with E-state index in [-0.39, 0.29) is 23.2 Å². The van der Waals surface area contributed by atoms with Gasteiger partial charge in [0.15, 0.2) is 0 Å². The summed E-state index contributed by atoms with van der Waals surface area (Å²) in [5.74, 6) is -0.728. The first-order valence-corrected chi connectivity index (χ1v) is 6.53. The van der Waals surface area contributed by atoms with Crippen molar-refractivity contribution in [1.29, 1.82) is 0 Å². The number of amides is 1. The van der Waals surface area contributed by atoms with Crippen molar-refractivity contribution in [3.05, 3.63) is 29.6 Å². The van der Waals surface area contributed by atoms with E-state index in [1.807, 2.05) is 4.90 Å². The van der Waals surface area contributed by atoms with Crippen molar-refractivity contribution >= 4 is 11.9 Å². The fraction of sp³-hybridized carbons (Fsp3) is 0.500. The second kappa shape index (κ2) is 5.38. The lowest BCUT2D eigenvalue weighted by atomic mass is 10.1. The molecule has 0 saturated carbocycles. The Morgan fingerprint density at radius 3 is 2.89 bits per heavy atom. The molecule has 2 heterocycles. The van der Waals surface area contributed by atoms with Gasteiger partial charge in [-0.2, -0.15) is 0 Å². The molecular weight excluding hydrogens is 244 g/mol. The molecule has 1 N–H and O–H groups in total. The number of carbonyl (C=O) groups is 2. The van der Waals surface area contributed by atoms with E-state index in [1.54, 1.807) is 0 Å². The van der Waals surface area contributed by atoms with Crippen molar-refractivity contribution in [2.45, 2.75) is 32.7 Å². The van der Waals surface area contributed by atoms with E-state index >= 15 is 0 Å². The molecule has 1 fully saturated rings. The Kier molecular flexibility index (Phi) is 3.83. The Balaban J connectivity index is 2.24. The smallest absolute Gasteiger partial charge is 0.335 e. The van der Waals surface area contributed by atoms with Crippen LogP contribution < -0.4 is 0 Å². The van der Waals surface area contributed by atoms with Crippen LogP contribution in [-0.4, -0.2) is 39.5 Å². The number of rotatable bonds is 3. The largest absolute Gasteiger partial charge is 0.478 e. The second-order valence-corrected chi connectivity index (χ2v) is 5.10. The molecule has 0 radical (unpaired) electrons. The zero-order chi connectivity index (χ0) is 14.0. The monoisotopic (exact) mass is 262 g/mol. The fourth-order valence-corrected chi connectivity index (χ4v) is 2.61. The van der Waals surface area contributed by atoms with Gasteiger partial charge in [0.05, 0.1) is 5.56 Å². The highest BCUT2D eigenvalue weighted by Crippen LogP contribution is 2.26. The number of carboxylic acid groups (broad SMARTS) is 1. The molecule has 2 atom stereocenters. The van der Waals surface area contributed by atoms with E-state index in [2.05, 4.69) is 18.8 Å². The molecule has 5 heteroatoms. The van der Waals surface area contributed by atoms with Gasteiger partial charge in [-0.3, -0.25) is 9.78 Å². The summed E-state index contributed by atoms with van der Waals surface area (Å²) in [5, 5.41) is 8.94. The van der Waals surface area contributed by atoms with Gasteiger partial charge in [-0.1, -0.05) is 13.8 Å². The molecule has 0 bridgehead atoms. The predicted octanol–water partition coefficient (Wildman–Crippen LogP) is 2.04. The van der Waals surface area contributed by atoms with E-state index in [0.29, 0.717) is 5.92 Å². The van der Waals surface area contributed by atoms with Gasteiger partial charge in [0.25, 0.3) is 5.91 Å². The quantitative estimate of drug-likeness (QED) is 0.905. The Morgan fingerprint density at radius 1 is 1.53 bits per heavy atom. The number of likely N-dealkylation sites (tertiary alicyclic amines) is 1. The summed E-state index contributed by atoms with van der Waals surface area (Å²) in [4.78, 5) is 29.1. The lowest BCUT2D eigenvalue weighted by Crippen LogP contribution is -2.35. The summed E-state index contributed by atoms with van der Waals surface area (Å²) in [6.07, 6.45) is 3.28. The van der Waals surface area contributed by atoms with E-state index in [0.717, 1.165) is 19.4 Å². The topological polar surface area (TPSA) is 70.5 Å². The molecule has 2 unspecified atom stereocenters. The van der Waals surface area contributed by atoms with Crippen molar-refractivity contribution in [3.8, 4) is 0 Å². The van der Waals surface area contributed by atoms with Crippen molar-refractivity contribution in [2.75, 3.05) is 6.54 Å². The van der Waals surface area contributed by atoms with Crippen LogP contribution in [0.2, 0.25) is 0 Å². The molecule has 1 aliphatic heterocycles. The van der Waals surface area contributed by atoms with Gasteiger partial charge in [-0.25, -0.2) is 4.79 Å². The molecule has 5 nitrogen and oxygen atoms in total. The zero-order valence-electron chi connectivity index (χ0n) is 11.2. The number of hydrogen-bond acceptors (Lipinski definition) is 3. The minimum atomic E-state index is -1.04. The van der Waals surface area contributed by atoms with Gasteiger partial charge >= 0.3 is 5.97 Å². The molecule has 2 rings (SSSR count). The van der Waals surface area contributed by atoms with Crippen LogP contribution in [-0.2, 0) is 0 Å². The van der Waals surface area contributed by atoms with Crippen LogP contribution in [0.4, 0.5) is 0 Å². The Hall–Kier alpha value is -1.91. The Labute approximate surface area is 112 Å².